The minimum Gasteiger partial charge on any atom is -0.478 e. The predicted molar refractivity (Wildman–Crippen MR) is 134 cm³/mol. The Hall–Kier alpha value is -4.13. The fourth-order valence-electron chi connectivity index (χ4n) is 4.39. The lowest BCUT2D eigenvalue weighted by Gasteiger charge is -2.16. The number of hydrogen-bond acceptors (Lipinski definition) is 4. The van der Waals surface area contributed by atoms with E-state index in [1.54, 1.807) is 13.0 Å². The molecule has 0 heterocycles. The predicted octanol–water partition coefficient (Wildman–Crippen LogP) is 5.20. The van der Waals surface area contributed by atoms with Crippen molar-refractivity contribution in [3.63, 3.8) is 0 Å². The zero-order valence-corrected chi connectivity index (χ0v) is 19.7. The number of aryl methyl sites for hydroxylation is 1. The molecule has 1 aliphatic carbocycles. The second-order valence-electron chi connectivity index (χ2n) is 8.90. The molecule has 0 radical (unpaired) electrons. The zero-order valence-electron chi connectivity index (χ0n) is 19.7. The van der Waals surface area contributed by atoms with Crippen LogP contribution >= 0.6 is 0 Å². The molecule has 1 unspecified atom stereocenters. The average Bonchev–Trinajstić information content (AvgIpc) is 3.16. The first-order valence-electron chi connectivity index (χ1n) is 11.6. The van der Waals surface area contributed by atoms with Gasteiger partial charge in [0.15, 0.2) is 0 Å². The van der Waals surface area contributed by atoms with Crippen molar-refractivity contribution in [1.29, 1.82) is 0 Å². The molecule has 0 aromatic heterocycles. The summed E-state index contributed by atoms with van der Waals surface area (Å²) in [4.78, 5) is 36.0. The highest BCUT2D eigenvalue weighted by Gasteiger charge is 2.29. The van der Waals surface area contributed by atoms with Crippen LogP contribution in [0.15, 0.2) is 66.7 Å². The van der Waals surface area contributed by atoms with E-state index >= 15 is 0 Å². The van der Waals surface area contributed by atoms with Gasteiger partial charge in [0.05, 0.1) is 5.56 Å². The molecule has 3 aromatic carbocycles. The highest BCUT2D eigenvalue weighted by molar-refractivity contribution is 5.94. The van der Waals surface area contributed by atoms with Crippen LogP contribution in [0, 0.1) is 12.8 Å². The van der Waals surface area contributed by atoms with Gasteiger partial charge in [-0.2, -0.15) is 0 Å². The summed E-state index contributed by atoms with van der Waals surface area (Å²) in [6.45, 7) is 4.15. The Morgan fingerprint density at radius 2 is 1.60 bits per heavy atom. The second-order valence-corrected chi connectivity index (χ2v) is 8.90. The molecule has 1 aliphatic rings. The van der Waals surface area contributed by atoms with Crippen molar-refractivity contribution in [3.05, 3.63) is 89.0 Å². The van der Waals surface area contributed by atoms with Gasteiger partial charge < -0.3 is 20.5 Å². The highest BCUT2D eigenvalue weighted by Crippen LogP contribution is 2.44. The Balaban J connectivity index is 1.26. The normalized spacial score (nSPS) is 12.9. The van der Waals surface area contributed by atoms with Crippen molar-refractivity contribution < 1.29 is 24.2 Å². The summed E-state index contributed by atoms with van der Waals surface area (Å²) in [5.41, 5.74) is 5.97. The van der Waals surface area contributed by atoms with E-state index < -0.39 is 12.1 Å². The number of carbonyl (C=O) groups is 3. The van der Waals surface area contributed by atoms with Gasteiger partial charge in [-0.25, -0.2) is 9.59 Å². The number of carboxylic acid groups (broad SMARTS) is 1. The van der Waals surface area contributed by atoms with Gasteiger partial charge >= 0.3 is 12.1 Å². The van der Waals surface area contributed by atoms with E-state index in [4.69, 9.17) is 9.84 Å². The maximum atomic E-state index is 12.4. The lowest BCUT2D eigenvalue weighted by molar-refractivity contribution is -0.117. The molecule has 3 N–H and O–H groups in total. The topological polar surface area (TPSA) is 105 Å². The van der Waals surface area contributed by atoms with E-state index in [9.17, 15) is 14.4 Å². The first kappa shape index (κ1) is 24.0. The molecule has 7 nitrogen and oxygen atoms in total. The fourth-order valence-corrected chi connectivity index (χ4v) is 4.39. The van der Waals surface area contributed by atoms with Crippen LogP contribution in [0.25, 0.3) is 11.1 Å². The first-order chi connectivity index (χ1) is 16.8. The molecule has 1 atom stereocenters. The maximum Gasteiger partial charge on any atom is 0.407 e. The molecular weight excluding hydrogens is 444 g/mol. The first-order valence-corrected chi connectivity index (χ1v) is 11.6. The summed E-state index contributed by atoms with van der Waals surface area (Å²) in [5, 5.41) is 14.6. The number of ether oxygens (including phenoxy) is 1. The molecule has 4 rings (SSSR count). The third-order valence-electron chi connectivity index (χ3n) is 6.23. The van der Waals surface area contributed by atoms with Gasteiger partial charge in [-0.05, 0) is 52.8 Å². The van der Waals surface area contributed by atoms with E-state index in [1.165, 1.54) is 23.3 Å². The molecule has 0 spiro atoms. The standard InChI is InChI=1S/C28H28N2O5/c1-17(13-26(31)30-25-14-19(27(32)33)12-11-18(25)2)15-29-28(34)35-16-24-22-9-5-3-7-20(22)21-8-4-6-10-23(21)24/h3-12,14,17,24H,13,15-16H2,1-2H3,(H,29,34)(H,30,31)(H,32,33). The maximum absolute atomic E-state index is 12.4. The Morgan fingerprint density at radius 1 is 0.971 bits per heavy atom. The van der Waals surface area contributed by atoms with Crippen molar-refractivity contribution in [2.24, 2.45) is 5.92 Å². The van der Waals surface area contributed by atoms with E-state index in [0.29, 0.717) is 5.69 Å². The van der Waals surface area contributed by atoms with E-state index in [2.05, 4.69) is 34.9 Å². The van der Waals surface area contributed by atoms with Crippen molar-refractivity contribution in [2.45, 2.75) is 26.2 Å². The van der Waals surface area contributed by atoms with Gasteiger partial charge in [-0.3, -0.25) is 4.79 Å². The number of alkyl carbamates (subject to hydrolysis) is 1. The van der Waals surface area contributed by atoms with Crippen LogP contribution in [0.3, 0.4) is 0 Å². The Labute approximate surface area is 204 Å². The zero-order chi connectivity index (χ0) is 24.9. The number of carboxylic acids is 1. The Morgan fingerprint density at radius 3 is 2.23 bits per heavy atom. The van der Waals surface area contributed by atoms with Crippen molar-refractivity contribution >= 4 is 23.7 Å². The van der Waals surface area contributed by atoms with Crippen molar-refractivity contribution in [3.8, 4) is 11.1 Å². The molecule has 0 aliphatic heterocycles. The molecule has 2 amide bonds. The minimum absolute atomic E-state index is 0.0128. The van der Waals surface area contributed by atoms with Gasteiger partial charge in [0, 0.05) is 24.6 Å². The SMILES string of the molecule is Cc1ccc(C(=O)O)cc1NC(=O)CC(C)CNC(=O)OCC1c2ccccc2-c2ccccc21. The number of aromatic carboxylic acids is 1. The van der Waals surface area contributed by atoms with E-state index in [1.807, 2.05) is 31.2 Å². The number of hydrogen-bond donors (Lipinski definition) is 3. The van der Waals surface area contributed by atoms with Crippen molar-refractivity contribution in [2.75, 3.05) is 18.5 Å². The van der Waals surface area contributed by atoms with Gasteiger partial charge in [-0.15, -0.1) is 0 Å². The van der Waals surface area contributed by atoms with Crippen LogP contribution in [-0.4, -0.2) is 36.2 Å². The summed E-state index contributed by atoms with van der Waals surface area (Å²) in [6.07, 6.45) is -0.357. The van der Waals surface area contributed by atoms with Crippen LogP contribution in [-0.2, 0) is 9.53 Å². The molecule has 3 aromatic rings. The smallest absolute Gasteiger partial charge is 0.407 e. The van der Waals surface area contributed by atoms with Crippen molar-refractivity contribution in [1.82, 2.24) is 5.32 Å². The summed E-state index contributed by atoms with van der Waals surface area (Å²) >= 11 is 0. The van der Waals surface area contributed by atoms with E-state index in [0.717, 1.165) is 16.7 Å². The summed E-state index contributed by atoms with van der Waals surface area (Å²) < 4.78 is 5.54. The molecule has 0 saturated heterocycles. The van der Waals surface area contributed by atoms with E-state index in [-0.39, 0.29) is 42.9 Å². The quantitative estimate of drug-likeness (QED) is 0.418. The van der Waals surface area contributed by atoms with Gasteiger partial charge in [-0.1, -0.05) is 61.5 Å². The lowest BCUT2D eigenvalue weighted by atomic mass is 9.98. The molecule has 7 heteroatoms. The van der Waals surface area contributed by atoms with Gasteiger partial charge in [0.25, 0.3) is 0 Å². The third-order valence-corrected chi connectivity index (χ3v) is 6.23. The van der Waals surface area contributed by atoms with Crippen LogP contribution in [0.1, 0.15) is 46.3 Å². The summed E-state index contributed by atoms with van der Waals surface area (Å²) in [5.74, 6) is -1.46. The third kappa shape index (κ3) is 5.51. The molecule has 35 heavy (non-hydrogen) atoms. The highest BCUT2D eigenvalue weighted by atomic mass is 16.5. The largest absolute Gasteiger partial charge is 0.478 e. The van der Waals surface area contributed by atoms with Gasteiger partial charge in [0.1, 0.15) is 6.61 Å². The van der Waals surface area contributed by atoms with Crippen LogP contribution < -0.4 is 10.6 Å². The monoisotopic (exact) mass is 472 g/mol. The number of carbonyl (C=O) groups excluding carboxylic acids is 2. The Kier molecular flexibility index (Phi) is 7.15. The summed E-state index contributed by atoms with van der Waals surface area (Å²) in [7, 11) is 0. The number of benzene rings is 3. The molecule has 0 bridgehead atoms. The molecular formula is C28H28N2O5. The number of anilines is 1. The number of nitrogens with one attached hydrogen (secondary N) is 2. The Bertz CT molecular complexity index is 1220. The number of fused-ring (bicyclic) bond motifs is 3. The number of amides is 2. The minimum atomic E-state index is -1.05. The second kappa shape index (κ2) is 10.4. The van der Waals surface area contributed by atoms with Crippen LogP contribution in [0.2, 0.25) is 0 Å². The fraction of sp³-hybridized carbons (Fsp3) is 0.250. The number of rotatable bonds is 8. The summed E-state index contributed by atoms with van der Waals surface area (Å²) in [6, 6.07) is 20.9. The lowest BCUT2D eigenvalue weighted by Crippen LogP contribution is -2.31. The van der Waals surface area contributed by atoms with Gasteiger partial charge in [0.2, 0.25) is 5.91 Å². The average molecular weight is 473 g/mol. The molecule has 180 valence electrons. The molecule has 0 saturated carbocycles. The van der Waals surface area contributed by atoms with Crippen LogP contribution in [0.5, 0.6) is 0 Å². The van der Waals surface area contributed by atoms with Crippen LogP contribution in [0.4, 0.5) is 10.5 Å². The molecule has 0 fully saturated rings.